The van der Waals surface area contributed by atoms with Crippen molar-refractivity contribution < 1.29 is 28.6 Å². The van der Waals surface area contributed by atoms with Gasteiger partial charge >= 0.3 is 17.9 Å². The minimum atomic E-state index is -0.757. The zero-order valence-electron chi connectivity index (χ0n) is 35.3. The first-order valence-corrected chi connectivity index (χ1v) is 22.9. The van der Waals surface area contributed by atoms with E-state index >= 15 is 0 Å². The second kappa shape index (κ2) is 40.6. The Morgan fingerprint density at radius 3 is 1.00 bits per heavy atom. The maximum absolute atomic E-state index is 12.5. The first kappa shape index (κ1) is 50.4. The minimum absolute atomic E-state index is 0.0652. The van der Waals surface area contributed by atoms with E-state index < -0.39 is 6.10 Å². The largest absolute Gasteiger partial charge is 0.462 e. The van der Waals surface area contributed by atoms with E-state index in [2.05, 4.69) is 27.7 Å². The zero-order chi connectivity index (χ0) is 38.2. The Bertz CT molecular complexity index is 783. The Balaban J connectivity index is 4.14. The molecule has 0 aliphatic heterocycles. The summed E-state index contributed by atoms with van der Waals surface area (Å²) in [6, 6.07) is 0. The number of carbonyl (C=O) groups is 3. The van der Waals surface area contributed by atoms with E-state index in [9.17, 15) is 14.4 Å². The second-order valence-electron chi connectivity index (χ2n) is 15.9. The van der Waals surface area contributed by atoms with Gasteiger partial charge in [0.05, 0.1) is 0 Å². The van der Waals surface area contributed by atoms with Crippen LogP contribution in [0, 0.1) is 5.92 Å². The number of carbonyl (C=O) groups excluding carboxylic acids is 3. The van der Waals surface area contributed by atoms with Crippen molar-refractivity contribution in [1.29, 1.82) is 0 Å². The molecule has 0 fully saturated rings. The summed E-state index contributed by atoms with van der Waals surface area (Å²) in [5.41, 5.74) is 0. The number of esters is 3. The number of ether oxygens (including phenoxy) is 3. The van der Waals surface area contributed by atoms with Crippen molar-refractivity contribution in [3.8, 4) is 0 Å². The van der Waals surface area contributed by atoms with Crippen LogP contribution in [0.5, 0.6) is 0 Å². The highest BCUT2D eigenvalue weighted by Gasteiger charge is 2.19. The molecular formula is C46H88O6. The summed E-state index contributed by atoms with van der Waals surface area (Å²) in [5, 5.41) is 0. The van der Waals surface area contributed by atoms with E-state index in [0.717, 1.165) is 70.1 Å². The van der Waals surface area contributed by atoms with Gasteiger partial charge in [0.2, 0.25) is 0 Å². The van der Waals surface area contributed by atoms with Gasteiger partial charge in [0.15, 0.2) is 6.10 Å². The Morgan fingerprint density at radius 2 is 0.673 bits per heavy atom. The molecular weight excluding hydrogens is 649 g/mol. The van der Waals surface area contributed by atoms with E-state index in [1.165, 1.54) is 141 Å². The fourth-order valence-corrected chi connectivity index (χ4v) is 6.77. The van der Waals surface area contributed by atoms with E-state index in [0.29, 0.717) is 19.3 Å². The third-order valence-electron chi connectivity index (χ3n) is 10.7. The molecule has 2 atom stereocenters. The lowest BCUT2D eigenvalue weighted by atomic mass is 9.99. The van der Waals surface area contributed by atoms with Crippen LogP contribution >= 0.6 is 0 Å². The van der Waals surface area contributed by atoms with E-state index in [1.54, 1.807) is 0 Å². The molecule has 0 aromatic heterocycles. The Morgan fingerprint density at radius 1 is 0.385 bits per heavy atom. The molecule has 0 N–H and O–H groups in total. The normalized spacial score (nSPS) is 12.5. The SMILES string of the molecule is CCCCCCCCCCCCCCCCCC(=O)OC[C@H](COC(=O)CCCCCCCCCCCCC(C)CC)OC(=O)CCCCCCC. The van der Waals surface area contributed by atoms with Gasteiger partial charge in [0.1, 0.15) is 13.2 Å². The van der Waals surface area contributed by atoms with Gasteiger partial charge < -0.3 is 14.2 Å². The predicted octanol–water partition coefficient (Wildman–Crippen LogP) is 14.3. The fourth-order valence-electron chi connectivity index (χ4n) is 6.77. The maximum Gasteiger partial charge on any atom is 0.306 e. The summed E-state index contributed by atoms with van der Waals surface area (Å²) >= 11 is 0. The van der Waals surface area contributed by atoms with Crippen LogP contribution in [0.3, 0.4) is 0 Å². The third-order valence-corrected chi connectivity index (χ3v) is 10.7. The molecule has 1 unspecified atom stereocenters. The quantitative estimate of drug-likeness (QED) is 0.0353. The predicted molar refractivity (Wildman–Crippen MR) is 220 cm³/mol. The van der Waals surface area contributed by atoms with Crippen molar-refractivity contribution in [3.05, 3.63) is 0 Å². The van der Waals surface area contributed by atoms with Crippen molar-refractivity contribution in [3.63, 3.8) is 0 Å². The molecule has 0 bridgehead atoms. The molecule has 0 rings (SSSR count). The molecule has 0 saturated carbocycles. The lowest BCUT2D eigenvalue weighted by molar-refractivity contribution is -0.167. The lowest BCUT2D eigenvalue weighted by Gasteiger charge is -2.18. The molecule has 52 heavy (non-hydrogen) atoms. The summed E-state index contributed by atoms with van der Waals surface area (Å²) in [5.74, 6) is 0.00151. The lowest BCUT2D eigenvalue weighted by Crippen LogP contribution is -2.30. The molecule has 308 valence electrons. The summed E-state index contributed by atoms with van der Waals surface area (Å²) in [4.78, 5) is 37.5. The molecule has 0 amide bonds. The molecule has 0 saturated heterocycles. The van der Waals surface area contributed by atoms with E-state index in [4.69, 9.17) is 14.2 Å². The first-order valence-electron chi connectivity index (χ1n) is 22.9. The first-order chi connectivity index (χ1) is 25.4. The molecule has 0 aliphatic carbocycles. The summed E-state index contributed by atoms with van der Waals surface area (Å²) in [6.45, 7) is 8.94. The highest BCUT2D eigenvalue weighted by Crippen LogP contribution is 2.17. The molecule has 0 aliphatic rings. The van der Waals surface area contributed by atoms with Crippen LogP contribution in [0.4, 0.5) is 0 Å². The number of hydrogen-bond acceptors (Lipinski definition) is 6. The highest BCUT2D eigenvalue weighted by atomic mass is 16.6. The number of hydrogen-bond donors (Lipinski definition) is 0. The molecule has 6 nitrogen and oxygen atoms in total. The minimum Gasteiger partial charge on any atom is -0.462 e. The Kier molecular flexibility index (Phi) is 39.4. The van der Waals surface area contributed by atoms with Gasteiger partial charge in [0, 0.05) is 19.3 Å². The van der Waals surface area contributed by atoms with Gasteiger partial charge in [-0.15, -0.1) is 0 Å². The van der Waals surface area contributed by atoms with Gasteiger partial charge in [0.25, 0.3) is 0 Å². The van der Waals surface area contributed by atoms with Crippen molar-refractivity contribution in [2.45, 2.75) is 259 Å². The Labute approximate surface area is 323 Å². The number of rotatable bonds is 41. The third kappa shape index (κ3) is 38.1. The van der Waals surface area contributed by atoms with Crippen LogP contribution in [0.1, 0.15) is 252 Å². The van der Waals surface area contributed by atoms with Crippen molar-refractivity contribution in [2.75, 3.05) is 13.2 Å². The van der Waals surface area contributed by atoms with Crippen LogP contribution in [0.25, 0.3) is 0 Å². The van der Waals surface area contributed by atoms with E-state index in [-0.39, 0.29) is 31.1 Å². The van der Waals surface area contributed by atoms with Gasteiger partial charge in [-0.25, -0.2) is 0 Å². The van der Waals surface area contributed by atoms with Gasteiger partial charge in [-0.3, -0.25) is 14.4 Å². The van der Waals surface area contributed by atoms with E-state index in [1.807, 2.05) is 0 Å². The monoisotopic (exact) mass is 737 g/mol. The Hall–Kier alpha value is -1.59. The topological polar surface area (TPSA) is 78.9 Å². The van der Waals surface area contributed by atoms with Gasteiger partial charge in [-0.1, -0.05) is 214 Å². The highest BCUT2D eigenvalue weighted by molar-refractivity contribution is 5.71. The average Bonchev–Trinajstić information content (AvgIpc) is 3.14. The van der Waals surface area contributed by atoms with Gasteiger partial charge in [-0.05, 0) is 25.2 Å². The van der Waals surface area contributed by atoms with Crippen LogP contribution in [-0.2, 0) is 28.6 Å². The second-order valence-corrected chi connectivity index (χ2v) is 15.9. The molecule has 0 spiro atoms. The maximum atomic E-state index is 12.5. The van der Waals surface area contributed by atoms with Gasteiger partial charge in [-0.2, -0.15) is 0 Å². The molecule has 6 heteroatoms. The molecule has 0 aromatic rings. The summed E-state index contributed by atoms with van der Waals surface area (Å²) < 4.78 is 16.6. The summed E-state index contributed by atoms with van der Waals surface area (Å²) in [6.07, 6.45) is 39.7. The molecule has 0 aromatic carbocycles. The van der Waals surface area contributed by atoms with Crippen LogP contribution in [0.2, 0.25) is 0 Å². The van der Waals surface area contributed by atoms with Crippen molar-refractivity contribution in [1.82, 2.24) is 0 Å². The van der Waals surface area contributed by atoms with Crippen LogP contribution in [0.15, 0.2) is 0 Å². The van der Waals surface area contributed by atoms with Crippen molar-refractivity contribution in [2.24, 2.45) is 5.92 Å². The number of unbranched alkanes of at least 4 members (excludes halogenated alkanes) is 27. The standard InChI is InChI=1S/C46H88O6/c1-5-8-10-12-13-14-15-16-17-18-19-23-26-30-33-37-44(47)50-40-43(52-46(49)39-35-28-11-9-6-2)41-51-45(48)38-34-31-27-24-21-20-22-25-29-32-36-42(4)7-3/h42-43H,5-41H2,1-4H3/t42?,43-/m1/s1. The average molecular weight is 737 g/mol. The van der Waals surface area contributed by atoms with Crippen LogP contribution < -0.4 is 0 Å². The molecule has 0 heterocycles. The van der Waals surface area contributed by atoms with Crippen LogP contribution in [-0.4, -0.2) is 37.2 Å². The smallest absolute Gasteiger partial charge is 0.306 e. The fraction of sp³-hybridized carbons (Fsp3) is 0.935. The zero-order valence-corrected chi connectivity index (χ0v) is 35.3. The molecule has 0 radical (unpaired) electrons. The summed E-state index contributed by atoms with van der Waals surface area (Å²) in [7, 11) is 0. The van der Waals surface area contributed by atoms with Crippen molar-refractivity contribution >= 4 is 17.9 Å².